The third-order valence-electron chi connectivity index (χ3n) is 2.54. The van der Waals surface area contributed by atoms with Crippen LogP contribution in [0.2, 0.25) is 0 Å². The molecule has 3 fully saturated rings. The molecule has 3 saturated heterocycles. The van der Waals surface area contributed by atoms with Gasteiger partial charge in [-0.15, -0.1) is 0 Å². The highest BCUT2D eigenvalue weighted by Crippen LogP contribution is 2.31. The molecule has 0 aromatic carbocycles. The summed E-state index contributed by atoms with van der Waals surface area (Å²) < 4.78 is 0. The average Bonchev–Trinajstić information content (AvgIpc) is 1.89. The zero-order valence-corrected chi connectivity index (χ0v) is 7.12. The van der Waals surface area contributed by atoms with Crippen LogP contribution >= 0.6 is 11.8 Å². The maximum Gasteiger partial charge on any atom is 0.00593 e. The Kier molecular flexibility index (Phi) is 2.19. The summed E-state index contributed by atoms with van der Waals surface area (Å²) in [4.78, 5) is 0. The van der Waals surface area contributed by atoms with Gasteiger partial charge in [-0.3, -0.25) is 0 Å². The molecule has 0 radical (unpaired) electrons. The van der Waals surface area contributed by atoms with E-state index in [1.54, 1.807) is 0 Å². The van der Waals surface area contributed by atoms with Crippen molar-refractivity contribution in [3.63, 3.8) is 0 Å². The molecule has 2 heteroatoms. The normalized spacial score (nSPS) is 40.8. The molecule has 2 unspecified atom stereocenters. The number of rotatable bonds is 0. The minimum Gasteiger partial charge on any atom is -0.316 e. The van der Waals surface area contributed by atoms with E-state index in [1.807, 2.05) is 0 Å². The molecule has 3 aliphatic heterocycles. The standard InChI is InChI=1S/C8H15NS/c1-2-8-3-4-9-5-7(1)6-10-8/h7-9H,1-6H2. The van der Waals surface area contributed by atoms with E-state index in [9.17, 15) is 0 Å². The molecule has 1 N–H and O–H groups in total. The second kappa shape index (κ2) is 3.14. The van der Waals surface area contributed by atoms with Crippen molar-refractivity contribution in [3.05, 3.63) is 0 Å². The first-order valence-electron chi connectivity index (χ1n) is 4.27. The number of fused-ring (bicyclic) bond motifs is 5. The Morgan fingerprint density at radius 3 is 3.00 bits per heavy atom. The van der Waals surface area contributed by atoms with Gasteiger partial charge in [0.15, 0.2) is 0 Å². The summed E-state index contributed by atoms with van der Waals surface area (Å²) in [5.74, 6) is 2.40. The van der Waals surface area contributed by atoms with Crippen LogP contribution in [0.5, 0.6) is 0 Å². The quantitative estimate of drug-likeness (QED) is 0.572. The fourth-order valence-electron chi connectivity index (χ4n) is 1.82. The van der Waals surface area contributed by atoms with Crippen LogP contribution in [-0.2, 0) is 0 Å². The molecule has 0 spiro atoms. The molecular formula is C8H15NS. The fraction of sp³-hybridized carbons (Fsp3) is 1.00. The van der Waals surface area contributed by atoms with E-state index in [4.69, 9.17) is 0 Å². The lowest BCUT2D eigenvalue weighted by Gasteiger charge is -2.31. The summed E-state index contributed by atoms with van der Waals surface area (Å²) in [6.45, 7) is 2.54. The van der Waals surface area contributed by atoms with Gasteiger partial charge in [0, 0.05) is 5.25 Å². The van der Waals surface area contributed by atoms with E-state index in [-0.39, 0.29) is 0 Å². The fourth-order valence-corrected chi connectivity index (χ4v) is 3.23. The molecule has 1 nitrogen and oxygen atoms in total. The molecule has 10 heavy (non-hydrogen) atoms. The summed E-state index contributed by atoms with van der Waals surface area (Å²) in [6.07, 6.45) is 4.36. The van der Waals surface area contributed by atoms with E-state index in [1.165, 1.54) is 38.1 Å². The Morgan fingerprint density at radius 1 is 1.20 bits per heavy atom. The largest absolute Gasteiger partial charge is 0.316 e. The van der Waals surface area contributed by atoms with Crippen LogP contribution in [0.1, 0.15) is 19.3 Å². The van der Waals surface area contributed by atoms with Gasteiger partial charge in [0.25, 0.3) is 0 Å². The van der Waals surface area contributed by atoms with E-state index in [0.717, 1.165) is 11.2 Å². The molecule has 3 heterocycles. The van der Waals surface area contributed by atoms with E-state index in [0.29, 0.717) is 0 Å². The highest BCUT2D eigenvalue weighted by atomic mass is 32.2. The van der Waals surface area contributed by atoms with Gasteiger partial charge in [-0.2, -0.15) is 11.8 Å². The molecule has 2 atom stereocenters. The predicted octanol–water partition coefficient (Wildman–Crippen LogP) is 1.49. The molecule has 0 amide bonds. The molecule has 0 aliphatic carbocycles. The maximum absolute atomic E-state index is 3.51. The molecule has 0 aromatic heterocycles. The lowest BCUT2D eigenvalue weighted by atomic mass is 10.00. The average molecular weight is 157 g/mol. The molecule has 0 saturated carbocycles. The van der Waals surface area contributed by atoms with E-state index in [2.05, 4.69) is 17.1 Å². The molecule has 0 aromatic rings. The molecule has 3 rings (SSSR count). The van der Waals surface area contributed by atoms with Crippen molar-refractivity contribution in [3.8, 4) is 0 Å². The molecular weight excluding hydrogens is 142 g/mol. The Bertz CT molecular complexity index is 88.3. The summed E-state index contributed by atoms with van der Waals surface area (Å²) in [6, 6.07) is 0. The van der Waals surface area contributed by atoms with E-state index >= 15 is 0 Å². The minimum absolute atomic E-state index is 0.988. The third kappa shape index (κ3) is 1.48. The Balaban J connectivity index is 1.94. The summed E-state index contributed by atoms with van der Waals surface area (Å²) in [5, 5.41) is 4.50. The maximum atomic E-state index is 3.51. The highest BCUT2D eigenvalue weighted by molar-refractivity contribution is 7.99. The van der Waals surface area contributed by atoms with Crippen LogP contribution in [-0.4, -0.2) is 24.1 Å². The number of thioether (sulfide) groups is 1. The van der Waals surface area contributed by atoms with Gasteiger partial charge < -0.3 is 5.32 Å². The van der Waals surface area contributed by atoms with Gasteiger partial charge in [-0.1, -0.05) is 0 Å². The summed E-state index contributed by atoms with van der Waals surface area (Å²) in [7, 11) is 0. The topological polar surface area (TPSA) is 12.0 Å². The van der Waals surface area contributed by atoms with Crippen molar-refractivity contribution in [2.45, 2.75) is 24.5 Å². The van der Waals surface area contributed by atoms with Crippen LogP contribution in [0.25, 0.3) is 0 Å². The van der Waals surface area contributed by atoms with Crippen LogP contribution in [0.15, 0.2) is 0 Å². The first-order chi connectivity index (χ1) is 4.95. The zero-order chi connectivity index (χ0) is 6.81. The Labute approximate surface area is 67.0 Å². The van der Waals surface area contributed by atoms with Gasteiger partial charge in [-0.25, -0.2) is 0 Å². The van der Waals surface area contributed by atoms with Crippen molar-refractivity contribution in [2.24, 2.45) is 5.92 Å². The Hall–Kier alpha value is 0.310. The van der Waals surface area contributed by atoms with Crippen LogP contribution in [0.3, 0.4) is 0 Å². The monoisotopic (exact) mass is 157 g/mol. The first kappa shape index (κ1) is 6.99. The zero-order valence-electron chi connectivity index (χ0n) is 6.31. The second-order valence-corrected chi connectivity index (χ2v) is 4.72. The van der Waals surface area contributed by atoms with Gasteiger partial charge in [-0.05, 0) is 44.0 Å². The molecule has 3 aliphatic rings. The van der Waals surface area contributed by atoms with E-state index < -0.39 is 0 Å². The minimum atomic E-state index is 0.988. The predicted molar refractivity (Wildman–Crippen MR) is 46.5 cm³/mol. The van der Waals surface area contributed by atoms with Crippen molar-refractivity contribution >= 4 is 11.8 Å². The highest BCUT2D eigenvalue weighted by Gasteiger charge is 2.23. The van der Waals surface area contributed by atoms with Gasteiger partial charge in [0.05, 0.1) is 0 Å². The van der Waals surface area contributed by atoms with Crippen molar-refractivity contribution in [1.29, 1.82) is 0 Å². The van der Waals surface area contributed by atoms with Crippen LogP contribution in [0, 0.1) is 5.92 Å². The first-order valence-corrected chi connectivity index (χ1v) is 5.32. The lowest BCUT2D eigenvalue weighted by molar-refractivity contribution is 0.414. The number of hydrogen-bond donors (Lipinski definition) is 1. The van der Waals surface area contributed by atoms with Gasteiger partial charge in [0.2, 0.25) is 0 Å². The van der Waals surface area contributed by atoms with Crippen LogP contribution in [0.4, 0.5) is 0 Å². The summed E-state index contributed by atoms with van der Waals surface area (Å²) >= 11 is 2.21. The number of hydrogen-bond acceptors (Lipinski definition) is 2. The van der Waals surface area contributed by atoms with Crippen molar-refractivity contribution in [1.82, 2.24) is 5.32 Å². The van der Waals surface area contributed by atoms with Crippen molar-refractivity contribution < 1.29 is 0 Å². The molecule has 2 bridgehead atoms. The van der Waals surface area contributed by atoms with Crippen LogP contribution < -0.4 is 5.32 Å². The number of nitrogens with one attached hydrogen (secondary N) is 1. The van der Waals surface area contributed by atoms with Gasteiger partial charge in [0.1, 0.15) is 0 Å². The SMILES string of the molecule is C1CC2CCC(CN1)CS2. The lowest BCUT2D eigenvalue weighted by Crippen LogP contribution is -2.34. The third-order valence-corrected chi connectivity index (χ3v) is 4.15. The summed E-state index contributed by atoms with van der Waals surface area (Å²) in [5.41, 5.74) is 0. The Morgan fingerprint density at radius 2 is 2.20 bits per heavy atom. The van der Waals surface area contributed by atoms with Gasteiger partial charge >= 0.3 is 0 Å². The van der Waals surface area contributed by atoms with Crippen molar-refractivity contribution in [2.75, 3.05) is 18.8 Å². The molecule has 58 valence electrons. The smallest absolute Gasteiger partial charge is 0.00593 e. The second-order valence-electron chi connectivity index (χ2n) is 3.39.